The molecule has 33 heavy (non-hydrogen) atoms. The summed E-state index contributed by atoms with van der Waals surface area (Å²) in [5.41, 5.74) is 1.64. The monoisotopic (exact) mass is 470 g/mol. The van der Waals surface area contributed by atoms with E-state index in [2.05, 4.69) is 5.16 Å². The Morgan fingerprint density at radius 2 is 1.76 bits per heavy atom. The van der Waals surface area contributed by atoms with E-state index in [1.165, 1.54) is 29.6 Å². The maximum atomic E-state index is 13.3. The third-order valence-electron chi connectivity index (χ3n) is 5.56. The van der Waals surface area contributed by atoms with Crippen LogP contribution in [0, 0.1) is 0 Å². The molecule has 3 aromatic rings. The van der Waals surface area contributed by atoms with Crippen LogP contribution in [0.4, 0.5) is 0 Å². The summed E-state index contributed by atoms with van der Waals surface area (Å²) in [6.45, 7) is 0.781. The number of hydrogen-bond acceptors (Lipinski definition) is 7. The lowest BCUT2D eigenvalue weighted by atomic mass is 10.1. The maximum absolute atomic E-state index is 13.3. The van der Waals surface area contributed by atoms with E-state index in [1.54, 1.807) is 6.07 Å². The van der Waals surface area contributed by atoms with E-state index in [4.69, 9.17) is 14.0 Å². The Kier molecular flexibility index (Phi) is 7.10. The number of ether oxygens (including phenoxy) is 2. The quantitative estimate of drug-likeness (QED) is 0.476. The van der Waals surface area contributed by atoms with Gasteiger partial charge in [-0.3, -0.25) is 0 Å². The molecule has 0 bridgehead atoms. The lowest BCUT2D eigenvalue weighted by molar-refractivity contribution is 0.0437. The highest BCUT2D eigenvalue weighted by Gasteiger charge is 2.29. The Hall–Kier alpha value is -3.17. The summed E-state index contributed by atoms with van der Waals surface area (Å²) in [6, 6.07) is 15.5. The maximum Gasteiger partial charge on any atom is 0.338 e. The molecule has 174 valence electrons. The minimum absolute atomic E-state index is 0.0348. The average Bonchev–Trinajstić information content (AvgIpc) is 3.14. The number of carbonyl (C=O) groups is 1. The first-order valence-electron chi connectivity index (χ1n) is 10.9. The van der Waals surface area contributed by atoms with Crippen molar-refractivity contribution < 1.29 is 27.2 Å². The summed E-state index contributed by atoms with van der Waals surface area (Å²) in [4.78, 5) is 12.6. The fraction of sp³-hybridized carbons (Fsp3) is 0.333. The zero-order chi connectivity index (χ0) is 23.3. The Balaban J connectivity index is 1.50. The second-order valence-corrected chi connectivity index (χ2v) is 9.71. The molecule has 0 unspecified atom stereocenters. The van der Waals surface area contributed by atoms with E-state index in [0.29, 0.717) is 24.5 Å². The normalized spacial score (nSPS) is 15.1. The van der Waals surface area contributed by atoms with Crippen molar-refractivity contribution in [2.45, 2.75) is 37.2 Å². The molecule has 1 aliphatic heterocycles. The molecule has 1 aliphatic rings. The summed E-state index contributed by atoms with van der Waals surface area (Å²) < 4.78 is 43.9. The molecule has 0 atom stereocenters. The SMILES string of the molecule is COc1ccc(C(=O)OCc2cc(-c3ccccc3)no2)cc1S(=O)(=O)N1CCCCCC1. The number of carbonyl (C=O) groups excluding carboxylic acids is 1. The Bertz CT molecular complexity index is 1200. The van der Waals surface area contributed by atoms with E-state index in [9.17, 15) is 13.2 Å². The van der Waals surface area contributed by atoms with Crippen LogP contribution in [0.3, 0.4) is 0 Å². The first-order chi connectivity index (χ1) is 16.0. The molecular weight excluding hydrogens is 444 g/mol. The van der Waals surface area contributed by atoms with Gasteiger partial charge in [0.25, 0.3) is 0 Å². The van der Waals surface area contributed by atoms with Crippen molar-refractivity contribution >= 4 is 16.0 Å². The van der Waals surface area contributed by atoms with Crippen molar-refractivity contribution in [1.82, 2.24) is 9.46 Å². The molecule has 1 saturated heterocycles. The molecule has 0 radical (unpaired) electrons. The number of esters is 1. The van der Waals surface area contributed by atoms with E-state index in [1.807, 2.05) is 30.3 Å². The van der Waals surface area contributed by atoms with E-state index in [0.717, 1.165) is 31.2 Å². The summed E-state index contributed by atoms with van der Waals surface area (Å²) in [5.74, 6) is -0.0886. The van der Waals surface area contributed by atoms with Gasteiger partial charge in [0.05, 0.1) is 12.7 Å². The van der Waals surface area contributed by atoms with Gasteiger partial charge in [0.2, 0.25) is 10.0 Å². The zero-order valence-corrected chi connectivity index (χ0v) is 19.2. The van der Waals surface area contributed by atoms with Gasteiger partial charge in [-0.05, 0) is 31.0 Å². The first-order valence-corrected chi connectivity index (χ1v) is 12.3. The molecule has 0 aliphatic carbocycles. The number of hydrogen-bond donors (Lipinski definition) is 0. The molecule has 2 aromatic carbocycles. The number of aromatic nitrogens is 1. The molecule has 0 spiro atoms. The first kappa shape index (κ1) is 23.0. The predicted molar refractivity (Wildman–Crippen MR) is 121 cm³/mol. The van der Waals surface area contributed by atoms with Crippen molar-refractivity contribution in [1.29, 1.82) is 0 Å². The van der Waals surface area contributed by atoms with E-state index >= 15 is 0 Å². The minimum atomic E-state index is -3.81. The molecule has 2 heterocycles. The van der Waals surface area contributed by atoms with Crippen LogP contribution in [-0.2, 0) is 21.4 Å². The van der Waals surface area contributed by atoms with Gasteiger partial charge < -0.3 is 14.0 Å². The fourth-order valence-electron chi connectivity index (χ4n) is 3.77. The third kappa shape index (κ3) is 5.26. The lowest BCUT2D eigenvalue weighted by Gasteiger charge is -2.21. The third-order valence-corrected chi connectivity index (χ3v) is 7.48. The Labute approximate surface area is 193 Å². The van der Waals surface area contributed by atoms with Gasteiger partial charge in [-0.2, -0.15) is 4.31 Å². The Morgan fingerprint density at radius 1 is 1.03 bits per heavy atom. The van der Waals surface area contributed by atoms with Gasteiger partial charge in [0.15, 0.2) is 12.4 Å². The summed E-state index contributed by atoms with van der Waals surface area (Å²) in [6.07, 6.45) is 3.63. The minimum Gasteiger partial charge on any atom is -0.495 e. The van der Waals surface area contributed by atoms with Gasteiger partial charge in [-0.25, -0.2) is 13.2 Å². The van der Waals surface area contributed by atoms with Crippen LogP contribution < -0.4 is 4.74 Å². The molecular formula is C24H26N2O6S. The number of rotatable bonds is 7. The van der Waals surface area contributed by atoms with Gasteiger partial charge in [-0.15, -0.1) is 0 Å². The van der Waals surface area contributed by atoms with Crippen molar-refractivity contribution in [3.8, 4) is 17.0 Å². The van der Waals surface area contributed by atoms with Crippen LogP contribution in [0.25, 0.3) is 11.3 Å². The topological polar surface area (TPSA) is 98.9 Å². The van der Waals surface area contributed by atoms with Crippen LogP contribution in [0.2, 0.25) is 0 Å². The molecule has 0 saturated carbocycles. The molecule has 4 rings (SSSR count). The summed E-state index contributed by atoms with van der Waals surface area (Å²) >= 11 is 0. The van der Waals surface area contributed by atoms with Crippen LogP contribution in [0.15, 0.2) is 64.0 Å². The molecule has 1 aromatic heterocycles. The van der Waals surface area contributed by atoms with Crippen molar-refractivity contribution in [3.63, 3.8) is 0 Å². The number of methoxy groups -OCH3 is 1. The second kappa shape index (κ2) is 10.2. The van der Waals surface area contributed by atoms with Gasteiger partial charge in [0.1, 0.15) is 16.3 Å². The summed E-state index contributed by atoms with van der Waals surface area (Å²) in [7, 11) is -2.40. The van der Waals surface area contributed by atoms with Gasteiger partial charge >= 0.3 is 5.97 Å². The highest BCUT2D eigenvalue weighted by molar-refractivity contribution is 7.89. The smallest absolute Gasteiger partial charge is 0.338 e. The Morgan fingerprint density at radius 3 is 2.45 bits per heavy atom. The number of benzene rings is 2. The predicted octanol–water partition coefficient (Wildman–Crippen LogP) is 4.27. The van der Waals surface area contributed by atoms with Crippen LogP contribution in [-0.4, -0.2) is 44.0 Å². The number of sulfonamides is 1. The van der Waals surface area contributed by atoms with Crippen LogP contribution in [0.5, 0.6) is 5.75 Å². The molecule has 0 N–H and O–H groups in total. The molecule has 9 heteroatoms. The number of nitrogens with zero attached hydrogens (tertiary/aromatic N) is 2. The second-order valence-electron chi connectivity index (χ2n) is 7.80. The van der Waals surface area contributed by atoms with Gasteiger partial charge in [0, 0.05) is 24.7 Å². The van der Waals surface area contributed by atoms with Crippen LogP contribution in [0.1, 0.15) is 41.8 Å². The zero-order valence-electron chi connectivity index (χ0n) is 18.4. The standard InChI is InChI=1S/C24H26N2O6S/c1-30-22-12-11-19(15-23(22)33(28,29)26-13-7-2-3-8-14-26)24(27)31-17-20-16-21(25-32-20)18-9-5-4-6-10-18/h4-6,9-12,15-16H,2-3,7-8,13-14,17H2,1H3. The van der Waals surface area contributed by atoms with Crippen molar-refractivity contribution in [2.75, 3.05) is 20.2 Å². The molecule has 1 fully saturated rings. The van der Waals surface area contributed by atoms with Crippen molar-refractivity contribution in [3.05, 3.63) is 65.9 Å². The highest BCUT2D eigenvalue weighted by atomic mass is 32.2. The van der Waals surface area contributed by atoms with Crippen LogP contribution >= 0.6 is 0 Å². The highest BCUT2D eigenvalue weighted by Crippen LogP contribution is 2.30. The van der Waals surface area contributed by atoms with E-state index in [-0.39, 0.29) is 22.8 Å². The van der Waals surface area contributed by atoms with Gasteiger partial charge in [-0.1, -0.05) is 48.3 Å². The summed E-state index contributed by atoms with van der Waals surface area (Å²) in [5, 5.41) is 4.00. The lowest BCUT2D eigenvalue weighted by Crippen LogP contribution is -2.32. The largest absolute Gasteiger partial charge is 0.495 e. The molecule has 0 amide bonds. The van der Waals surface area contributed by atoms with E-state index < -0.39 is 16.0 Å². The average molecular weight is 471 g/mol. The van der Waals surface area contributed by atoms with Crippen molar-refractivity contribution in [2.24, 2.45) is 0 Å². The molecule has 8 nitrogen and oxygen atoms in total. The fourth-order valence-corrected chi connectivity index (χ4v) is 5.47.